The van der Waals surface area contributed by atoms with Gasteiger partial charge in [0, 0.05) is 39.6 Å². The van der Waals surface area contributed by atoms with Crippen molar-refractivity contribution in [2.75, 3.05) is 13.1 Å². The molecule has 3 rings (SSSR count). The van der Waals surface area contributed by atoms with E-state index in [2.05, 4.69) is 67.0 Å². The summed E-state index contributed by atoms with van der Waals surface area (Å²) in [4.78, 5) is 15.9. The highest BCUT2D eigenvalue weighted by atomic mass is 16.1. The number of benzene rings is 1. The molecule has 2 heterocycles. The molecule has 0 aliphatic carbocycles. The average Bonchev–Trinajstić information content (AvgIpc) is 3.11. The van der Waals surface area contributed by atoms with Gasteiger partial charge in [-0.1, -0.05) is 18.2 Å². The first-order valence-corrected chi connectivity index (χ1v) is 9.27. The predicted molar refractivity (Wildman–Crippen MR) is 108 cm³/mol. The van der Waals surface area contributed by atoms with E-state index in [1.54, 1.807) is 0 Å². The Morgan fingerprint density at radius 3 is 2.62 bits per heavy atom. The van der Waals surface area contributed by atoms with Crippen LogP contribution < -0.4 is 5.32 Å². The van der Waals surface area contributed by atoms with Crippen molar-refractivity contribution in [1.82, 2.24) is 14.9 Å². The number of hydrogen-bond acceptors (Lipinski definition) is 2. The number of Topliss-reactive ketones (excluding diaryl/α,β-unsaturated/α-hetero) is 1. The Hall–Kier alpha value is -2.33. The van der Waals surface area contributed by atoms with E-state index in [4.69, 9.17) is 0 Å². The topological polar surface area (TPSA) is 49.8 Å². The van der Waals surface area contributed by atoms with E-state index in [1.165, 1.54) is 10.9 Å². The Morgan fingerprint density at radius 2 is 1.92 bits per heavy atom. The van der Waals surface area contributed by atoms with Crippen molar-refractivity contribution < 1.29 is 4.79 Å². The molecule has 2 aromatic heterocycles. The summed E-state index contributed by atoms with van der Waals surface area (Å²) in [6.07, 6.45) is 2.96. The van der Waals surface area contributed by atoms with Gasteiger partial charge in [0.15, 0.2) is 5.78 Å². The van der Waals surface area contributed by atoms with Crippen LogP contribution in [0.1, 0.15) is 48.1 Å². The first-order valence-electron chi connectivity index (χ1n) is 9.27. The number of carbonyl (C=O) groups is 1. The third-order valence-electron chi connectivity index (χ3n) is 4.93. The van der Waals surface area contributed by atoms with Crippen molar-refractivity contribution in [2.45, 2.75) is 46.6 Å². The van der Waals surface area contributed by atoms with Crippen LogP contribution >= 0.6 is 0 Å². The molecule has 0 unspecified atom stereocenters. The van der Waals surface area contributed by atoms with Crippen LogP contribution in [0, 0.1) is 13.8 Å². The number of aryl methyl sites for hydroxylation is 1. The van der Waals surface area contributed by atoms with Gasteiger partial charge in [-0.3, -0.25) is 4.79 Å². The van der Waals surface area contributed by atoms with Crippen LogP contribution in [-0.2, 0) is 12.0 Å². The minimum Gasteiger partial charge on any atom is -0.361 e. The fourth-order valence-corrected chi connectivity index (χ4v) is 3.94. The summed E-state index contributed by atoms with van der Waals surface area (Å²) in [5, 5.41) is 4.57. The van der Waals surface area contributed by atoms with Gasteiger partial charge in [-0.25, -0.2) is 0 Å². The SMILES string of the molecule is Cc1cc(C(=O)CNCCc2c[nH]c3ccccc23)c(C)n1C(C)(C)C. The Kier molecular flexibility index (Phi) is 5.05. The highest BCUT2D eigenvalue weighted by Gasteiger charge is 2.22. The molecular formula is C22H29N3O. The minimum atomic E-state index is -0.0184. The molecule has 0 radical (unpaired) electrons. The van der Waals surface area contributed by atoms with Crippen LogP contribution in [0.3, 0.4) is 0 Å². The number of aromatic nitrogens is 2. The standard InChI is InChI=1S/C22H29N3O/c1-15-12-19(16(2)25(15)22(3,4)5)21(26)14-23-11-10-17-13-24-20-9-7-6-8-18(17)20/h6-9,12-13,23-24H,10-11,14H2,1-5H3. The van der Waals surface area contributed by atoms with Crippen molar-refractivity contribution in [3.8, 4) is 0 Å². The Balaban J connectivity index is 1.60. The lowest BCUT2D eigenvalue weighted by Crippen LogP contribution is -2.27. The molecular weight excluding hydrogens is 322 g/mol. The molecule has 4 nitrogen and oxygen atoms in total. The smallest absolute Gasteiger partial charge is 0.178 e. The molecule has 0 aliphatic rings. The van der Waals surface area contributed by atoms with Gasteiger partial charge in [0.2, 0.25) is 0 Å². The number of nitrogens with one attached hydrogen (secondary N) is 2. The molecule has 0 aliphatic heterocycles. The zero-order valence-corrected chi connectivity index (χ0v) is 16.4. The Morgan fingerprint density at radius 1 is 1.19 bits per heavy atom. The number of ketones is 1. The summed E-state index contributed by atoms with van der Waals surface area (Å²) in [5.41, 5.74) is 5.45. The van der Waals surface area contributed by atoms with E-state index < -0.39 is 0 Å². The summed E-state index contributed by atoms with van der Waals surface area (Å²) in [6.45, 7) is 11.8. The van der Waals surface area contributed by atoms with Gasteiger partial charge in [0.1, 0.15) is 0 Å². The normalized spacial score (nSPS) is 12.0. The van der Waals surface area contributed by atoms with Crippen LogP contribution in [0.4, 0.5) is 0 Å². The molecule has 2 N–H and O–H groups in total. The van der Waals surface area contributed by atoms with Crippen LogP contribution in [0.2, 0.25) is 0 Å². The lowest BCUT2D eigenvalue weighted by atomic mass is 10.1. The third kappa shape index (κ3) is 3.61. The monoisotopic (exact) mass is 351 g/mol. The number of rotatable bonds is 6. The first kappa shape index (κ1) is 18.5. The van der Waals surface area contributed by atoms with Gasteiger partial charge >= 0.3 is 0 Å². The van der Waals surface area contributed by atoms with E-state index >= 15 is 0 Å². The molecule has 1 aromatic carbocycles. The fraction of sp³-hybridized carbons (Fsp3) is 0.409. The maximum Gasteiger partial charge on any atom is 0.178 e. The second-order valence-electron chi connectivity index (χ2n) is 8.00. The van der Waals surface area contributed by atoms with Gasteiger partial charge in [0.25, 0.3) is 0 Å². The molecule has 138 valence electrons. The molecule has 0 atom stereocenters. The predicted octanol–water partition coefficient (Wildman–Crippen LogP) is 4.36. The number of para-hydroxylation sites is 1. The van der Waals surface area contributed by atoms with E-state index in [1.807, 2.05) is 19.1 Å². The second kappa shape index (κ2) is 7.12. The van der Waals surface area contributed by atoms with Gasteiger partial charge in [-0.05, 0) is 65.3 Å². The van der Waals surface area contributed by atoms with Crippen molar-refractivity contribution in [3.05, 3.63) is 59.0 Å². The van der Waals surface area contributed by atoms with Crippen molar-refractivity contribution >= 4 is 16.7 Å². The Bertz CT molecular complexity index is 925. The average molecular weight is 351 g/mol. The molecule has 0 bridgehead atoms. The summed E-state index contributed by atoms with van der Waals surface area (Å²) < 4.78 is 2.24. The lowest BCUT2D eigenvalue weighted by molar-refractivity contribution is 0.0990. The largest absolute Gasteiger partial charge is 0.361 e. The molecule has 0 saturated heterocycles. The van der Waals surface area contributed by atoms with Crippen molar-refractivity contribution in [2.24, 2.45) is 0 Å². The fourth-order valence-electron chi connectivity index (χ4n) is 3.94. The molecule has 0 amide bonds. The zero-order chi connectivity index (χ0) is 18.9. The number of hydrogen-bond donors (Lipinski definition) is 2. The third-order valence-corrected chi connectivity index (χ3v) is 4.93. The van der Waals surface area contributed by atoms with Gasteiger partial charge in [-0.15, -0.1) is 0 Å². The van der Waals surface area contributed by atoms with Gasteiger partial charge < -0.3 is 14.9 Å². The van der Waals surface area contributed by atoms with E-state index in [0.29, 0.717) is 6.54 Å². The number of fused-ring (bicyclic) bond motifs is 1. The molecule has 4 heteroatoms. The summed E-state index contributed by atoms with van der Waals surface area (Å²) in [5.74, 6) is 0.160. The molecule has 26 heavy (non-hydrogen) atoms. The lowest BCUT2D eigenvalue weighted by Gasteiger charge is -2.25. The number of H-pyrrole nitrogens is 1. The quantitative estimate of drug-likeness (QED) is 0.512. The van der Waals surface area contributed by atoms with E-state index in [-0.39, 0.29) is 11.3 Å². The van der Waals surface area contributed by atoms with E-state index in [9.17, 15) is 4.79 Å². The van der Waals surface area contributed by atoms with Gasteiger partial charge in [-0.2, -0.15) is 0 Å². The summed E-state index contributed by atoms with van der Waals surface area (Å²) in [7, 11) is 0. The van der Waals surface area contributed by atoms with Crippen LogP contribution in [0.5, 0.6) is 0 Å². The molecule has 0 spiro atoms. The second-order valence-corrected chi connectivity index (χ2v) is 8.00. The maximum atomic E-state index is 12.6. The number of carbonyl (C=O) groups excluding carboxylic acids is 1. The highest BCUT2D eigenvalue weighted by Crippen LogP contribution is 2.24. The number of nitrogens with zero attached hydrogens (tertiary/aromatic N) is 1. The minimum absolute atomic E-state index is 0.0184. The summed E-state index contributed by atoms with van der Waals surface area (Å²) >= 11 is 0. The van der Waals surface area contributed by atoms with Crippen LogP contribution in [0.25, 0.3) is 10.9 Å². The first-order chi connectivity index (χ1) is 12.3. The summed E-state index contributed by atoms with van der Waals surface area (Å²) in [6, 6.07) is 10.3. The highest BCUT2D eigenvalue weighted by molar-refractivity contribution is 5.99. The van der Waals surface area contributed by atoms with Crippen LogP contribution in [0.15, 0.2) is 36.5 Å². The maximum absolute atomic E-state index is 12.6. The Labute approximate surface area is 155 Å². The van der Waals surface area contributed by atoms with Gasteiger partial charge in [0.05, 0.1) is 6.54 Å². The molecule has 0 fully saturated rings. The van der Waals surface area contributed by atoms with E-state index in [0.717, 1.165) is 35.4 Å². The van der Waals surface area contributed by atoms with Crippen molar-refractivity contribution in [3.63, 3.8) is 0 Å². The number of aromatic amines is 1. The zero-order valence-electron chi connectivity index (χ0n) is 16.4. The molecule has 0 saturated carbocycles. The van der Waals surface area contributed by atoms with Crippen LogP contribution in [-0.4, -0.2) is 28.4 Å². The molecule has 3 aromatic rings. The van der Waals surface area contributed by atoms with Crippen molar-refractivity contribution in [1.29, 1.82) is 0 Å².